The molecule has 0 radical (unpaired) electrons. The summed E-state index contributed by atoms with van der Waals surface area (Å²) in [6, 6.07) is 6.35. The van der Waals surface area contributed by atoms with Gasteiger partial charge in [0.1, 0.15) is 5.75 Å². The lowest BCUT2D eigenvalue weighted by atomic mass is 9.96. The summed E-state index contributed by atoms with van der Waals surface area (Å²) in [7, 11) is 0. The third-order valence-electron chi connectivity index (χ3n) is 4.24. The van der Waals surface area contributed by atoms with Gasteiger partial charge in [0.05, 0.1) is 0 Å². The maximum absolute atomic E-state index is 12.4. The molecule has 1 aromatic heterocycles. The van der Waals surface area contributed by atoms with E-state index in [1.165, 1.54) is 18.2 Å². The van der Waals surface area contributed by atoms with Crippen LogP contribution in [-0.4, -0.2) is 40.6 Å². The van der Waals surface area contributed by atoms with Crippen LogP contribution in [0.5, 0.6) is 5.75 Å². The van der Waals surface area contributed by atoms with Crippen LogP contribution in [0.1, 0.15) is 36.0 Å². The monoisotopic (exact) mass is 363 g/mol. The zero-order valence-electron chi connectivity index (χ0n) is 14.3. The maximum atomic E-state index is 12.4. The van der Waals surface area contributed by atoms with Gasteiger partial charge in [-0.05, 0) is 31.9 Å². The number of piperidine rings is 1. The molecule has 0 aliphatic carbocycles. The van der Waals surface area contributed by atoms with E-state index in [2.05, 4.69) is 14.9 Å². The number of halogens is 2. The van der Waals surface area contributed by atoms with E-state index in [-0.39, 0.29) is 17.6 Å². The number of rotatable bonds is 5. The van der Waals surface area contributed by atoms with Crippen LogP contribution in [0.3, 0.4) is 0 Å². The fourth-order valence-electron chi connectivity index (χ4n) is 2.91. The summed E-state index contributed by atoms with van der Waals surface area (Å²) in [4.78, 5) is 18.3. The van der Waals surface area contributed by atoms with E-state index >= 15 is 0 Å². The lowest BCUT2D eigenvalue weighted by Crippen LogP contribution is -2.36. The third-order valence-corrected chi connectivity index (χ3v) is 4.24. The number of nitrogens with zero attached hydrogens (tertiary/aromatic N) is 3. The number of para-hydroxylation sites is 1. The summed E-state index contributed by atoms with van der Waals surface area (Å²) < 4.78 is 34.5. The van der Waals surface area contributed by atoms with Gasteiger partial charge in [0, 0.05) is 30.6 Å². The maximum Gasteiger partial charge on any atom is 0.387 e. The molecule has 0 atom stereocenters. The topological polar surface area (TPSA) is 68.5 Å². The quantitative estimate of drug-likeness (QED) is 0.762. The molecule has 0 bridgehead atoms. The van der Waals surface area contributed by atoms with Crippen molar-refractivity contribution in [1.29, 1.82) is 0 Å². The molecule has 1 saturated heterocycles. The van der Waals surface area contributed by atoms with E-state index < -0.39 is 6.61 Å². The Morgan fingerprint density at radius 2 is 2.08 bits per heavy atom. The first kappa shape index (κ1) is 18.0. The van der Waals surface area contributed by atoms with Gasteiger partial charge >= 0.3 is 6.61 Å². The smallest absolute Gasteiger partial charge is 0.387 e. The van der Waals surface area contributed by atoms with E-state index in [1.807, 2.05) is 0 Å². The molecule has 0 unspecified atom stereocenters. The number of carbonyl (C=O) groups excluding carboxylic acids is 1. The Morgan fingerprint density at radius 1 is 1.35 bits per heavy atom. The standard InChI is InChI=1S/C18H19F2N3O3/c1-12-21-17(26-22-12)14-8-10-23(11-9-14)16(24)7-6-13-4-2-3-5-15(13)25-18(19)20/h2-7,14,18H,8-11H2,1H3/b7-6-. The highest BCUT2D eigenvalue weighted by Crippen LogP contribution is 2.27. The Bertz CT molecular complexity index is 783. The molecule has 1 aliphatic rings. The number of likely N-dealkylation sites (tertiary alicyclic amines) is 1. The average molecular weight is 363 g/mol. The molecule has 1 fully saturated rings. The number of benzene rings is 1. The van der Waals surface area contributed by atoms with Crippen molar-refractivity contribution in [2.75, 3.05) is 13.1 Å². The molecule has 0 N–H and O–H groups in total. The van der Waals surface area contributed by atoms with Gasteiger partial charge in [0.2, 0.25) is 11.8 Å². The lowest BCUT2D eigenvalue weighted by molar-refractivity contribution is -0.127. The van der Waals surface area contributed by atoms with Crippen LogP contribution in [0.4, 0.5) is 8.78 Å². The summed E-state index contributed by atoms with van der Waals surface area (Å²) in [5, 5.41) is 3.79. The summed E-state index contributed by atoms with van der Waals surface area (Å²) >= 11 is 0. The number of aromatic nitrogens is 2. The van der Waals surface area contributed by atoms with Crippen LogP contribution in [0, 0.1) is 6.92 Å². The predicted octanol–water partition coefficient (Wildman–Crippen LogP) is 3.40. The zero-order chi connectivity index (χ0) is 18.5. The Labute approximate surface area is 149 Å². The van der Waals surface area contributed by atoms with Crippen LogP contribution in [0.2, 0.25) is 0 Å². The number of amides is 1. The fourth-order valence-corrected chi connectivity index (χ4v) is 2.91. The highest BCUT2D eigenvalue weighted by molar-refractivity contribution is 5.92. The van der Waals surface area contributed by atoms with Crippen LogP contribution in [0.25, 0.3) is 6.08 Å². The fraction of sp³-hybridized carbons (Fsp3) is 0.389. The van der Waals surface area contributed by atoms with Gasteiger partial charge in [-0.2, -0.15) is 13.8 Å². The summed E-state index contributed by atoms with van der Waals surface area (Å²) in [6.45, 7) is 0.00799. The second kappa shape index (κ2) is 8.07. The number of alkyl halides is 2. The molecule has 2 heterocycles. The van der Waals surface area contributed by atoms with Crippen molar-refractivity contribution in [2.45, 2.75) is 32.3 Å². The highest BCUT2D eigenvalue weighted by Gasteiger charge is 2.26. The van der Waals surface area contributed by atoms with Gasteiger partial charge < -0.3 is 14.2 Å². The molecule has 0 spiro atoms. The first-order chi connectivity index (χ1) is 12.5. The van der Waals surface area contributed by atoms with Gasteiger partial charge in [-0.1, -0.05) is 23.4 Å². The van der Waals surface area contributed by atoms with Crippen molar-refractivity contribution in [3.8, 4) is 5.75 Å². The molecule has 6 nitrogen and oxygen atoms in total. The minimum absolute atomic E-state index is 0.0389. The van der Waals surface area contributed by atoms with Crippen molar-refractivity contribution in [1.82, 2.24) is 15.0 Å². The molecule has 3 rings (SSSR count). The number of hydrogen-bond acceptors (Lipinski definition) is 5. The molecule has 0 saturated carbocycles. The van der Waals surface area contributed by atoms with Gasteiger partial charge in [0.25, 0.3) is 0 Å². The minimum Gasteiger partial charge on any atom is -0.434 e. The molecular weight excluding hydrogens is 344 g/mol. The zero-order valence-corrected chi connectivity index (χ0v) is 14.3. The van der Waals surface area contributed by atoms with E-state index in [1.54, 1.807) is 30.0 Å². The molecule has 138 valence electrons. The summed E-state index contributed by atoms with van der Waals surface area (Å²) in [6.07, 6.45) is 4.36. The first-order valence-corrected chi connectivity index (χ1v) is 8.34. The third kappa shape index (κ3) is 4.44. The Hall–Kier alpha value is -2.77. The summed E-state index contributed by atoms with van der Waals surface area (Å²) in [5.41, 5.74) is 0.428. The molecule has 26 heavy (non-hydrogen) atoms. The molecule has 1 amide bonds. The normalized spacial score (nSPS) is 15.8. The van der Waals surface area contributed by atoms with E-state index in [9.17, 15) is 13.6 Å². The van der Waals surface area contributed by atoms with Crippen molar-refractivity contribution in [3.63, 3.8) is 0 Å². The molecule has 1 aromatic carbocycles. The Morgan fingerprint density at radius 3 is 2.73 bits per heavy atom. The average Bonchev–Trinajstić information content (AvgIpc) is 3.07. The number of carbonyl (C=O) groups is 1. The first-order valence-electron chi connectivity index (χ1n) is 8.34. The van der Waals surface area contributed by atoms with Crippen LogP contribution < -0.4 is 4.74 Å². The largest absolute Gasteiger partial charge is 0.434 e. The predicted molar refractivity (Wildman–Crippen MR) is 89.7 cm³/mol. The summed E-state index contributed by atoms with van der Waals surface area (Å²) in [5.74, 6) is 1.24. The van der Waals surface area contributed by atoms with Gasteiger partial charge in [-0.15, -0.1) is 0 Å². The van der Waals surface area contributed by atoms with Gasteiger partial charge in [-0.3, -0.25) is 4.79 Å². The van der Waals surface area contributed by atoms with E-state index in [0.29, 0.717) is 30.4 Å². The molecule has 2 aromatic rings. The van der Waals surface area contributed by atoms with Crippen molar-refractivity contribution in [3.05, 3.63) is 47.6 Å². The number of aryl methyl sites for hydroxylation is 1. The Kier molecular flexibility index (Phi) is 5.60. The molecule has 1 aliphatic heterocycles. The van der Waals surface area contributed by atoms with Crippen molar-refractivity contribution >= 4 is 12.0 Å². The van der Waals surface area contributed by atoms with Gasteiger partial charge in [-0.25, -0.2) is 0 Å². The lowest BCUT2D eigenvalue weighted by Gasteiger charge is -2.29. The highest BCUT2D eigenvalue weighted by atomic mass is 19.3. The van der Waals surface area contributed by atoms with Crippen LogP contribution in [0.15, 0.2) is 34.9 Å². The molecule has 8 heteroatoms. The minimum atomic E-state index is -2.91. The Balaban J connectivity index is 1.58. The second-order valence-electron chi connectivity index (χ2n) is 6.03. The van der Waals surface area contributed by atoms with Crippen molar-refractivity contribution < 1.29 is 22.8 Å². The van der Waals surface area contributed by atoms with Gasteiger partial charge in [0.15, 0.2) is 5.82 Å². The number of hydrogen-bond donors (Lipinski definition) is 0. The van der Waals surface area contributed by atoms with Crippen LogP contribution >= 0.6 is 0 Å². The van der Waals surface area contributed by atoms with Crippen molar-refractivity contribution in [2.24, 2.45) is 0 Å². The van der Waals surface area contributed by atoms with E-state index in [4.69, 9.17) is 4.52 Å². The SMILES string of the molecule is Cc1noc(C2CCN(C(=O)/C=C\c3ccccc3OC(F)F)CC2)n1. The second-order valence-corrected chi connectivity index (χ2v) is 6.03. The van der Waals surface area contributed by atoms with E-state index in [0.717, 1.165) is 12.8 Å². The number of ether oxygens (including phenoxy) is 1. The molecular formula is C18H19F2N3O3. The van der Waals surface area contributed by atoms with Crippen LogP contribution in [-0.2, 0) is 4.79 Å².